The molecule has 3 heterocycles. The molecule has 5 rings (SSSR count). The van der Waals surface area contributed by atoms with Crippen LogP contribution in [0.3, 0.4) is 0 Å². The van der Waals surface area contributed by atoms with Crippen LogP contribution >= 0.6 is 0 Å². The van der Waals surface area contributed by atoms with Crippen molar-refractivity contribution in [1.82, 2.24) is 14.5 Å². The fourth-order valence-electron chi connectivity index (χ4n) is 3.39. The molecular weight excluding hydrogens is 408 g/mol. The number of carbonyl (C=O) groups is 1. The number of carbonyl (C=O) groups excluding carboxylic acids is 1. The van der Waals surface area contributed by atoms with Gasteiger partial charge in [0.25, 0.3) is 5.56 Å². The Kier molecular flexibility index (Phi) is 5.09. The third kappa shape index (κ3) is 3.93. The SMILES string of the molecule is O=C(Cn1cnc2c(oc3ccccc32)c1=O)Nc1cccc(OCc2ccccn2)c1. The minimum Gasteiger partial charge on any atom is -0.487 e. The van der Waals surface area contributed by atoms with Crippen LogP contribution in [-0.2, 0) is 17.9 Å². The van der Waals surface area contributed by atoms with Crippen molar-refractivity contribution in [2.24, 2.45) is 0 Å². The molecule has 3 aromatic heterocycles. The van der Waals surface area contributed by atoms with Gasteiger partial charge in [-0.05, 0) is 36.4 Å². The lowest BCUT2D eigenvalue weighted by Gasteiger charge is -2.10. The fraction of sp³-hybridized carbons (Fsp3) is 0.0833. The van der Waals surface area contributed by atoms with Gasteiger partial charge in [-0.15, -0.1) is 0 Å². The number of rotatable bonds is 6. The number of hydrogen-bond acceptors (Lipinski definition) is 6. The molecule has 1 amide bonds. The first-order valence-electron chi connectivity index (χ1n) is 9.97. The highest BCUT2D eigenvalue weighted by Gasteiger charge is 2.14. The van der Waals surface area contributed by atoms with Crippen molar-refractivity contribution >= 4 is 33.7 Å². The van der Waals surface area contributed by atoms with Crippen LogP contribution in [0.4, 0.5) is 5.69 Å². The summed E-state index contributed by atoms with van der Waals surface area (Å²) in [7, 11) is 0. The van der Waals surface area contributed by atoms with Gasteiger partial charge in [0.05, 0.1) is 12.0 Å². The maximum absolute atomic E-state index is 12.8. The predicted molar refractivity (Wildman–Crippen MR) is 119 cm³/mol. The number of ether oxygens (including phenoxy) is 1. The lowest BCUT2D eigenvalue weighted by molar-refractivity contribution is -0.116. The van der Waals surface area contributed by atoms with Crippen LogP contribution in [0.5, 0.6) is 5.75 Å². The van der Waals surface area contributed by atoms with Gasteiger partial charge in [0.2, 0.25) is 11.5 Å². The van der Waals surface area contributed by atoms with E-state index < -0.39 is 5.56 Å². The summed E-state index contributed by atoms with van der Waals surface area (Å²) in [6.07, 6.45) is 3.06. The summed E-state index contributed by atoms with van der Waals surface area (Å²) in [6.45, 7) is 0.120. The van der Waals surface area contributed by atoms with Crippen LogP contribution in [0.1, 0.15) is 5.69 Å². The number of pyridine rings is 1. The molecule has 0 aliphatic carbocycles. The smallest absolute Gasteiger partial charge is 0.297 e. The summed E-state index contributed by atoms with van der Waals surface area (Å²) in [5.41, 5.74) is 2.14. The topological polar surface area (TPSA) is 99.2 Å². The second kappa shape index (κ2) is 8.35. The third-order valence-corrected chi connectivity index (χ3v) is 4.90. The van der Waals surface area contributed by atoms with Crippen molar-refractivity contribution in [2.45, 2.75) is 13.2 Å². The molecule has 0 radical (unpaired) electrons. The van der Waals surface area contributed by atoms with Gasteiger partial charge in [-0.25, -0.2) is 4.98 Å². The second-order valence-electron chi connectivity index (χ2n) is 7.14. The number of benzene rings is 2. The largest absolute Gasteiger partial charge is 0.487 e. The van der Waals surface area contributed by atoms with Gasteiger partial charge in [-0.1, -0.05) is 24.3 Å². The molecule has 0 spiro atoms. The minimum absolute atomic E-state index is 0.131. The van der Waals surface area contributed by atoms with Crippen molar-refractivity contribution in [3.63, 3.8) is 0 Å². The minimum atomic E-state index is -0.409. The lowest BCUT2D eigenvalue weighted by atomic mass is 10.2. The predicted octanol–water partition coefficient (Wildman–Crippen LogP) is 3.76. The molecule has 0 saturated carbocycles. The molecule has 0 saturated heterocycles. The number of hydrogen-bond donors (Lipinski definition) is 1. The number of fused-ring (bicyclic) bond motifs is 3. The summed E-state index contributed by atoms with van der Waals surface area (Å²) in [5, 5.41) is 3.54. The van der Waals surface area contributed by atoms with E-state index in [4.69, 9.17) is 9.15 Å². The van der Waals surface area contributed by atoms with E-state index in [1.165, 1.54) is 10.9 Å². The molecule has 0 aliphatic rings. The zero-order chi connectivity index (χ0) is 21.9. The molecule has 0 atom stereocenters. The third-order valence-electron chi connectivity index (χ3n) is 4.90. The van der Waals surface area contributed by atoms with Gasteiger partial charge in [-0.3, -0.25) is 19.1 Å². The lowest BCUT2D eigenvalue weighted by Crippen LogP contribution is -2.27. The molecule has 8 heteroatoms. The van der Waals surface area contributed by atoms with Gasteiger partial charge >= 0.3 is 0 Å². The summed E-state index contributed by atoms with van der Waals surface area (Å²) >= 11 is 0. The van der Waals surface area contributed by atoms with E-state index in [-0.39, 0.29) is 18.0 Å². The van der Waals surface area contributed by atoms with E-state index in [2.05, 4.69) is 15.3 Å². The molecule has 0 aliphatic heterocycles. The normalized spacial score (nSPS) is 11.0. The Balaban J connectivity index is 1.29. The molecule has 5 aromatic rings. The molecule has 8 nitrogen and oxygen atoms in total. The molecular formula is C24H18N4O4. The number of anilines is 1. The van der Waals surface area contributed by atoms with Gasteiger partial charge in [0.15, 0.2) is 0 Å². The van der Waals surface area contributed by atoms with Crippen molar-refractivity contribution in [3.8, 4) is 5.75 Å². The van der Waals surface area contributed by atoms with Crippen LogP contribution < -0.4 is 15.6 Å². The van der Waals surface area contributed by atoms with E-state index in [0.29, 0.717) is 29.1 Å². The first-order chi connectivity index (χ1) is 15.7. The number of furan rings is 1. The van der Waals surface area contributed by atoms with E-state index in [1.54, 1.807) is 36.5 Å². The Hall–Kier alpha value is -4.46. The summed E-state index contributed by atoms with van der Waals surface area (Å²) in [5.74, 6) is 0.224. The van der Waals surface area contributed by atoms with Crippen molar-refractivity contribution in [3.05, 3.63) is 95.3 Å². The second-order valence-corrected chi connectivity index (χ2v) is 7.14. The number of nitrogens with one attached hydrogen (secondary N) is 1. The highest BCUT2D eigenvalue weighted by Crippen LogP contribution is 2.24. The molecule has 32 heavy (non-hydrogen) atoms. The van der Waals surface area contributed by atoms with Gasteiger partial charge in [0, 0.05) is 23.3 Å². The Morgan fingerprint density at radius 1 is 1.03 bits per heavy atom. The number of para-hydroxylation sites is 1. The molecule has 0 unspecified atom stereocenters. The van der Waals surface area contributed by atoms with Crippen LogP contribution in [0.15, 0.2) is 88.5 Å². The monoisotopic (exact) mass is 426 g/mol. The average Bonchev–Trinajstić information content (AvgIpc) is 3.20. The standard InChI is InChI=1S/C24H18N4O4/c29-21(27-16-7-5-8-18(12-16)31-14-17-6-3-4-11-25-17)13-28-15-26-22-19-9-1-2-10-20(19)32-23(22)24(28)30/h1-12,15H,13-14H2,(H,27,29). The summed E-state index contributed by atoms with van der Waals surface area (Å²) < 4.78 is 12.6. The Labute approximate surface area is 182 Å². The van der Waals surface area contributed by atoms with E-state index in [1.807, 2.05) is 36.4 Å². The number of aromatic nitrogens is 3. The summed E-state index contributed by atoms with van der Waals surface area (Å²) in [4.78, 5) is 33.9. The quantitative estimate of drug-likeness (QED) is 0.444. The number of nitrogens with zero attached hydrogens (tertiary/aromatic N) is 3. The fourth-order valence-corrected chi connectivity index (χ4v) is 3.39. The van der Waals surface area contributed by atoms with Gasteiger partial charge in [-0.2, -0.15) is 0 Å². The van der Waals surface area contributed by atoms with Crippen molar-refractivity contribution in [2.75, 3.05) is 5.32 Å². The van der Waals surface area contributed by atoms with Crippen molar-refractivity contribution in [1.29, 1.82) is 0 Å². The van der Waals surface area contributed by atoms with E-state index >= 15 is 0 Å². The maximum atomic E-state index is 12.8. The van der Waals surface area contributed by atoms with Crippen LogP contribution in [0.25, 0.3) is 22.1 Å². The highest BCUT2D eigenvalue weighted by atomic mass is 16.5. The first kappa shape index (κ1) is 19.5. The average molecular weight is 426 g/mol. The molecule has 2 aromatic carbocycles. The van der Waals surface area contributed by atoms with E-state index in [0.717, 1.165) is 11.1 Å². The molecule has 1 N–H and O–H groups in total. The maximum Gasteiger partial charge on any atom is 0.297 e. The van der Waals surface area contributed by atoms with Gasteiger partial charge in [0.1, 0.15) is 30.0 Å². The zero-order valence-corrected chi connectivity index (χ0v) is 16.9. The molecule has 158 valence electrons. The van der Waals surface area contributed by atoms with Crippen LogP contribution in [0, 0.1) is 0 Å². The Morgan fingerprint density at radius 3 is 2.78 bits per heavy atom. The van der Waals surface area contributed by atoms with Gasteiger partial charge < -0.3 is 14.5 Å². The first-order valence-corrected chi connectivity index (χ1v) is 9.97. The van der Waals surface area contributed by atoms with E-state index in [9.17, 15) is 9.59 Å². The van der Waals surface area contributed by atoms with Crippen LogP contribution in [-0.4, -0.2) is 20.4 Å². The summed E-state index contributed by atoms with van der Waals surface area (Å²) in [6, 6.07) is 19.9. The number of amides is 1. The Bertz CT molecular complexity index is 1470. The molecule has 0 fully saturated rings. The molecule has 0 bridgehead atoms. The van der Waals surface area contributed by atoms with Crippen molar-refractivity contribution < 1.29 is 13.9 Å². The van der Waals surface area contributed by atoms with Crippen LogP contribution in [0.2, 0.25) is 0 Å². The Morgan fingerprint density at radius 2 is 1.91 bits per heavy atom. The highest BCUT2D eigenvalue weighted by molar-refractivity contribution is 6.01. The zero-order valence-electron chi connectivity index (χ0n) is 16.9.